The van der Waals surface area contributed by atoms with Gasteiger partial charge in [0.1, 0.15) is 4.90 Å². The Labute approximate surface area is 129 Å². The quantitative estimate of drug-likeness (QED) is 0.611. The predicted molar refractivity (Wildman–Crippen MR) is 82.0 cm³/mol. The topological polar surface area (TPSA) is 89.3 Å². The van der Waals surface area contributed by atoms with E-state index in [1.54, 1.807) is 6.92 Å². The first-order chi connectivity index (χ1) is 9.72. The summed E-state index contributed by atoms with van der Waals surface area (Å²) in [5.74, 6) is 0.192. The zero-order chi connectivity index (χ0) is 16.2. The molecule has 0 radical (unpaired) electrons. The van der Waals surface area contributed by atoms with E-state index in [4.69, 9.17) is 11.6 Å². The van der Waals surface area contributed by atoms with Gasteiger partial charge in [-0.05, 0) is 18.9 Å². The van der Waals surface area contributed by atoms with Crippen LogP contribution in [0, 0.1) is 16.0 Å². The third kappa shape index (κ3) is 4.39. The van der Waals surface area contributed by atoms with Crippen molar-refractivity contribution in [3.63, 3.8) is 0 Å². The smallest absolute Gasteiger partial charge is 0.258 e. The second-order valence-electron chi connectivity index (χ2n) is 4.86. The van der Waals surface area contributed by atoms with Crippen molar-refractivity contribution >= 4 is 27.3 Å². The molecule has 118 valence electrons. The van der Waals surface area contributed by atoms with E-state index in [2.05, 4.69) is 4.72 Å². The molecule has 0 aliphatic carbocycles. The van der Waals surface area contributed by atoms with E-state index in [1.807, 2.05) is 13.8 Å². The number of non-ortho nitro benzene ring substituents is 1. The fourth-order valence-corrected chi connectivity index (χ4v) is 4.04. The molecule has 1 aromatic carbocycles. The van der Waals surface area contributed by atoms with E-state index in [0.717, 1.165) is 18.9 Å². The monoisotopic (exact) mass is 334 g/mol. The number of sulfonamides is 1. The summed E-state index contributed by atoms with van der Waals surface area (Å²) >= 11 is 5.87. The maximum Gasteiger partial charge on any atom is 0.270 e. The van der Waals surface area contributed by atoms with Gasteiger partial charge in [0.25, 0.3) is 5.69 Å². The molecule has 6 nitrogen and oxygen atoms in total. The molecule has 1 N–H and O–H groups in total. The van der Waals surface area contributed by atoms with Crippen LogP contribution < -0.4 is 4.72 Å². The lowest BCUT2D eigenvalue weighted by atomic mass is 9.96. The molecular formula is C13H19ClN2O4S. The number of rotatable bonds is 7. The summed E-state index contributed by atoms with van der Waals surface area (Å²) in [4.78, 5) is 9.84. The molecule has 1 rings (SSSR count). The molecule has 0 bridgehead atoms. The maximum atomic E-state index is 12.4. The second kappa shape index (κ2) is 7.20. The van der Waals surface area contributed by atoms with Crippen LogP contribution in [-0.2, 0) is 10.0 Å². The Morgan fingerprint density at radius 3 is 2.38 bits per heavy atom. The Bertz CT molecular complexity index is 615. The lowest BCUT2D eigenvalue weighted by Crippen LogP contribution is -2.37. The first-order valence-corrected chi connectivity index (χ1v) is 8.55. The average Bonchev–Trinajstić information content (AvgIpc) is 2.39. The van der Waals surface area contributed by atoms with E-state index in [0.29, 0.717) is 0 Å². The molecule has 1 aromatic rings. The Balaban J connectivity index is 3.13. The standard InChI is InChI=1S/C13H19ClN2O4S/c1-4-10(5-2)9(3)15-21(19,20)13-8-11(16(17)18)6-7-12(13)14/h6-10,15H,4-5H2,1-3H3. The Hall–Kier alpha value is -1.18. The number of hydrogen-bond acceptors (Lipinski definition) is 4. The van der Waals surface area contributed by atoms with E-state index in [1.165, 1.54) is 12.1 Å². The van der Waals surface area contributed by atoms with Crippen LogP contribution >= 0.6 is 11.6 Å². The summed E-state index contributed by atoms with van der Waals surface area (Å²) in [7, 11) is -3.90. The number of nitrogens with zero attached hydrogens (tertiary/aromatic N) is 1. The van der Waals surface area contributed by atoms with Crippen molar-refractivity contribution in [1.82, 2.24) is 4.72 Å². The van der Waals surface area contributed by atoms with Gasteiger partial charge in [-0.25, -0.2) is 13.1 Å². The molecular weight excluding hydrogens is 316 g/mol. The minimum Gasteiger partial charge on any atom is -0.258 e. The number of nitro benzene ring substituents is 1. The molecule has 0 aliphatic heterocycles. The molecule has 8 heteroatoms. The lowest BCUT2D eigenvalue weighted by Gasteiger charge is -2.22. The van der Waals surface area contributed by atoms with Crippen molar-refractivity contribution in [2.24, 2.45) is 5.92 Å². The van der Waals surface area contributed by atoms with E-state index < -0.39 is 14.9 Å². The zero-order valence-corrected chi connectivity index (χ0v) is 13.7. The highest BCUT2D eigenvalue weighted by molar-refractivity contribution is 7.89. The Morgan fingerprint density at radius 1 is 1.33 bits per heavy atom. The number of halogens is 1. The van der Waals surface area contributed by atoms with Crippen LogP contribution in [0.25, 0.3) is 0 Å². The summed E-state index contributed by atoms with van der Waals surface area (Å²) in [6.07, 6.45) is 1.67. The fourth-order valence-electron chi connectivity index (χ4n) is 2.21. The fraction of sp³-hybridized carbons (Fsp3) is 0.538. The molecule has 0 spiro atoms. The number of hydrogen-bond donors (Lipinski definition) is 1. The van der Waals surface area contributed by atoms with Gasteiger partial charge in [-0.3, -0.25) is 10.1 Å². The summed E-state index contributed by atoms with van der Waals surface area (Å²) < 4.78 is 27.3. The Morgan fingerprint density at radius 2 is 1.90 bits per heavy atom. The second-order valence-corrected chi connectivity index (χ2v) is 6.95. The van der Waals surface area contributed by atoms with Crippen molar-refractivity contribution in [3.05, 3.63) is 33.3 Å². The third-order valence-corrected chi connectivity index (χ3v) is 5.55. The number of benzene rings is 1. The molecule has 0 saturated heterocycles. The van der Waals surface area contributed by atoms with Gasteiger partial charge in [-0.2, -0.15) is 0 Å². The summed E-state index contributed by atoms with van der Waals surface area (Å²) in [5, 5.41) is 10.7. The van der Waals surface area contributed by atoms with Crippen LogP contribution in [-0.4, -0.2) is 19.4 Å². The first-order valence-electron chi connectivity index (χ1n) is 6.69. The van der Waals surface area contributed by atoms with Gasteiger partial charge in [-0.1, -0.05) is 38.3 Å². The van der Waals surface area contributed by atoms with Crippen LogP contribution in [0.5, 0.6) is 0 Å². The maximum absolute atomic E-state index is 12.4. The largest absolute Gasteiger partial charge is 0.270 e. The van der Waals surface area contributed by atoms with Gasteiger partial charge in [0.2, 0.25) is 10.0 Å². The van der Waals surface area contributed by atoms with Crippen molar-refractivity contribution in [3.8, 4) is 0 Å². The van der Waals surface area contributed by atoms with Gasteiger partial charge >= 0.3 is 0 Å². The van der Waals surface area contributed by atoms with Gasteiger partial charge in [0.05, 0.1) is 9.95 Å². The van der Waals surface area contributed by atoms with E-state index in [-0.39, 0.29) is 27.6 Å². The number of nitro groups is 1. The van der Waals surface area contributed by atoms with Crippen molar-refractivity contribution in [2.75, 3.05) is 0 Å². The highest BCUT2D eigenvalue weighted by Crippen LogP contribution is 2.27. The minimum absolute atomic E-state index is 0.0372. The SMILES string of the molecule is CCC(CC)C(C)NS(=O)(=O)c1cc([N+](=O)[O-])ccc1Cl. The molecule has 0 aromatic heterocycles. The molecule has 0 amide bonds. The van der Waals surface area contributed by atoms with Crippen LogP contribution in [0.1, 0.15) is 33.6 Å². The Kier molecular flexibility index (Phi) is 6.12. The predicted octanol–water partition coefficient (Wildman–Crippen LogP) is 3.35. The molecule has 0 saturated carbocycles. The molecule has 1 atom stereocenters. The molecule has 0 heterocycles. The van der Waals surface area contributed by atoms with E-state index >= 15 is 0 Å². The van der Waals surface area contributed by atoms with Crippen LogP contribution in [0.4, 0.5) is 5.69 Å². The first kappa shape index (κ1) is 17.9. The normalized spacial score (nSPS) is 13.4. The van der Waals surface area contributed by atoms with Gasteiger partial charge < -0.3 is 0 Å². The van der Waals surface area contributed by atoms with Crippen LogP contribution in [0.15, 0.2) is 23.1 Å². The van der Waals surface area contributed by atoms with Crippen molar-refractivity contribution < 1.29 is 13.3 Å². The molecule has 0 fully saturated rings. The van der Waals surface area contributed by atoms with Crippen LogP contribution in [0.3, 0.4) is 0 Å². The van der Waals surface area contributed by atoms with Gasteiger partial charge in [-0.15, -0.1) is 0 Å². The summed E-state index contributed by atoms with van der Waals surface area (Å²) in [6, 6.07) is 3.09. The summed E-state index contributed by atoms with van der Waals surface area (Å²) in [5.41, 5.74) is -0.310. The molecule has 1 unspecified atom stereocenters. The van der Waals surface area contributed by atoms with Gasteiger partial charge in [0.15, 0.2) is 0 Å². The van der Waals surface area contributed by atoms with Crippen LogP contribution in [0.2, 0.25) is 5.02 Å². The number of nitrogens with one attached hydrogen (secondary N) is 1. The van der Waals surface area contributed by atoms with Crippen molar-refractivity contribution in [2.45, 2.75) is 44.6 Å². The van der Waals surface area contributed by atoms with Gasteiger partial charge in [0, 0.05) is 18.2 Å². The molecule has 21 heavy (non-hydrogen) atoms. The third-order valence-electron chi connectivity index (χ3n) is 3.51. The minimum atomic E-state index is -3.90. The average molecular weight is 335 g/mol. The molecule has 0 aliphatic rings. The van der Waals surface area contributed by atoms with E-state index in [9.17, 15) is 18.5 Å². The highest BCUT2D eigenvalue weighted by Gasteiger charge is 2.25. The lowest BCUT2D eigenvalue weighted by molar-refractivity contribution is -0.385. The highest BCUT2D eigenvalue weighted by atomic mass is 35.5. The summed E-state index contributed by atoms with van der Waals surface area (Å²) in [6.45, 7) is 5.75. The van der Waals surface area contributed by atoms with Crippen molar-refractivity contribution in [1.29, 1.82) is 0 Å². The zero-order valence-electron chi connectivity index (χ0n) is 12.2.